The lowest BCUT2D eigenvalue weighted by Gasteiger charge is -2.29. The molecule has 1 rings (SSSR count). The summed E-state index contributed by atoms with van der Waals surface area (Å²) < 4.78 is 5.09. The number of rotatable bonds is 5. The Morgan fingerprint density at radius 2 is 1.85 bits per heavy atom. The fourth-order valence-electron chi connectivity index (χ4n) is 1.66. The van der Waals surface area contributed by atoms with Crippen molar-refractivity contribution < 1.29 is 19.4 Å². The second kappa shape index (κ2) is 6.93. The molecule has 5 nitrogen and oxygen atoms in total. The number of ether oxygens (including phenoxy) is 1. The Hall–Kier alpha value is -2.04. The molecule has 0 unspecified atom stereocenters. The molecule has 2 N–H and O–H groups in total. The van der Waals surface area contributed by atoms with Crippen molar-refractivity contribution in [2.75, 3.05) is 0 Å². The highest BCUT2D eigenvalue weighted by atomic mass is 16.5. The molecule has 0 saturated heterocycles. The zero-order valence-electron chi connectivity index (χ0n) is 12.1. The molecule has 0 spiro atoms. The summed E-state index contributed by atoms with van der Waals surface area (Å²) in [6.07, 6.45) is -0.737. The standard InChI is InChI=1S/C15H21NO4/c1-15(2,3)12(9-13(17)18)16-14(19)20-10-11-7-5-4-6-8-11/h4-8,12H,9-10H2,1-3H3,(H,16,19)(H,17,18)/t12-/m1/s1. The third kappa shape index (κ3) is 5.73. The largest absolute Gasteiger partial charge is 0.481 e. The first-order valence-electron chi connectivity index (χ1n) is 6.48. The Balaban J connectivity index is 2.52. The van der Waals surface area contributed by atoms with Gasteiger partial charge >= 0.3 is 12.1 Å². The van der Waals surface area contributed by atoms with E-state index in [0.717, 1.165) is 5.56 Å². The lowest BCUT2D eigenvalue weighted by Crippen LogP contribution is -2.45. The zero-order chi connectivity index (χ0) is 15.2. The van der Waals surface area contributed by atoms with Crippen LogP contribution in [-0.4, -0.2) is 23.2 Å². The van der Waals surface area contributed by atoms with E-state index >= 15 is 0 Å². The van der Waals surface area contributed by atoms with Gasteiger partial charge < -0.3 is 15.2 Å². The number of carbonyl (C=O) groups is 2. The predicted molar refractivity (Wildman–Crippen MR) is 75.3 cm³/mol. The van der Waals surface area contributed by atoms with Crippen molar-refractivity contribution in [2.45, 2.75) is 39.8 Å². The molecule has 0 bridgehead atoms. The van der Waals surface area contributed by atoms with Crippen molar-refractivity contribution in [3.63, 3.8) is 0 Å². The number of amides is 1. The van der Waals surface area contributed by atoms with Crippen LogP contribution >= 0.6 is 0 Å². The van der Waals surface area contributed by atoms with Crippen LogP contribution < -0.4 is 5.32 Å². The number of carboxylic acids is 1. The van der Waals surface area contributed by atoms with Crippen LogP contribution in [0.15, 0.2) is 30.3 Å². The molecule has 0 heterocycles. The van der Waals surface area contributed by atoms with Gasteiger partial charge in [-0.1, -0.05) is 51.1 Å². The summed E-state index contributed by atoms with van der Waals surface area (Å²) in [5.74, 6) is -0.951. The van der Waals surface area contributed by atoms with E-state index in [4.69, 9.17) is 9.84 Å². The lowest BCUT2D eigenvalue weighted by atomic mass is 9.85. The first-order chi connectivity index (χ1) is 9.29. The number of hydrogen-bond donors (Lipinski definition) is 2. The maximum atomic E-state index is 11.7. The predicted octanol–water partition coefficient (Wildman–Crippen LogP) is 2.80. The second-order valence-electron chi connectivity index (χ2n) is 5.72. The first-order valence-corrected chi connectivity index (χ1v) is 6.48. The van der Waals surface area contributed by atoms with Crippen LogP contribution in [-0.2, 0) is 16.1 Å². The molecule has 5 heteroatoms. The van der Waals surface area contributed by atoms with Gasteiger partial charge in [-0.15, -0.1) is 0 Å². The van der Waals surface area contributed by atoms with E-state index in [1.807, 2.05) is 51.1 Å². The number of benzene rings is 1. The fourth-order valence-corrected chi connectivity index (χ4v) is 1.66. The maximum Gasteiger partial charge on any atom is 0.407 e. The van der Waals surface area contributed by atoms with Crippen molar-refractivity contribution in [2.24, 2.45) is 5.41 Å². The highest BCUT2D eigenvalue weighted by Crippen LogP contribution is 2.22. The summed E-state index contributed by atoms with van der Waals surface area (Å²) >= 11 is 0. The Kier molecular flexibility index (Phi) is 5.55. The van der Waals surface area contributed by atoms with Crippen LogP contribution in [0.3, 0.4) is 0 Å². The molecule has 1 amide bonds. The normalized spacial score (nSPS) is 12.6. The quantitative estimate of drug-likeness (QED) is 0.869. The van der Waals surface area contributed by atoms with Gasteiger partial charge in [0.1, 0.15) is 6.61 Å². The molecule has 0 aromatic heterocycles. The highest BCUT2D eigenvalue weighted by Gasteiger charge is 2.28. The number of carboxylic acid groups (broad SMARTS) is 1. The van der Waals surface area contributed by atoms with Gasteiger partial charge in [0.15, 0.2) is 0 Å². The number of alkyl carbamates (subject to hydrolysis) is 1. The Morgan fingerprint density at radius 1 is 1.25 bits per heavy atom. The van der Waals surface area contributed by atoms with Gasteiger partial charge in [-0.2, -0.15) is 0 Å². The molecule has 0 saturated carbocycles. The van der Waals surface area contributed by atoms with Crippen molar-refractivity contribution in [3.8, 4) is 0 Å². The highest BCUT2D eigenvalue weighted by molar-refractivity contribution is 5.71. The first kappa shape index (κ1) is 16.0. The monoisotopic (exact) mass is 279 g/mol. The molecule has 1 atom stereocenters. The van der Waals surface area contributed by atoms with Crippen molar-refractivity contribution in [1.82, 2.24) is 5.32 Å². The summed E-state index contributed by atoms with van der Waals surface area (Å²) in [5, 5.41) is 11.5. The summed E-state index contributed by atoms with van der Waals surface area (Å²) in [4.78, 5) is 22.6. The van der Waals surface area contributed by atoms with Crippen molar-refractivity contribution in [3.05, 3.63) is 35.9 Å². The average Bonchev–Trinajstić information content (AvgIpc) is 2.35. The number of nitrogens with one attached hydrogen (secondary N) is 1. The lowest BCUT2D eigenvalue weighted by molar-refractivity contribution is -0.138. The Bertz CT molecular complexity index is 451. The topological polar surface area (TPSA) is 75.6 Å². The number of aliphatic carboxylic acids is 1. The van der Waals surface area contributed by atoms with E-state index in [2.05, 4.69) is 5.32 Å². The Morgan fingerprint density at radius 3 is 2.35 bits per heavy atom. The minimum atomic E-state index is -0.951. The van der Waals surface area contributed by atoms with Gasteiger partial charge in [0, 0.05) is 6.04 Å². The molecule has 20 heavy (non-hydrogen) atoms. The molecule has 1 aromatic carbocycles. The summed E-state index contributed by atoms with van der Waals surface area (Å²) in [6.45, 7) is 5.78. The molecular formula is C15H21NO4. The van der Waals surface area contributed by atoms with E-state index in [1.165, 1.54) is 0 Å². The third-order valence-electron chi connectivity index (χ3n) is 2.93. The van der Waals surface area contributed by atoms with Gasteiger partial charge in [-0.25, -0.2) is 4.79 Å². The molecular weight excluding hydrogens is 258 g/mol. The SMILES string of the molecule is CC(C)(C)[C@@H](CC(=O)O)NC(=O)OCc1ccccc1. The van der Waals surface area contributed by atoms with Gasteiger partial charge in [0.05, 0.1) is 6.42 Å². The van der Waals surface area contributed by atoms with Gasteiger partial charge in [0.25, 0.3) is 0 Å². The van der Waals surface area contributed by atoms with E-state index in [-0.39, 0.29) is 18.4 Å². The zero-order valence-corrected chi connectivity index (χ0v) is 12.1. The van der Waals surface area contributed by atoms with Crippen LogP contribution in [0.2, 0.25) is 0 Å². The van der Waals surface area contributed by atoms with Crippen LogP contribution in [0.1, 0.15) is 32.8 Å². The summed E-state index contributed by atoms with van der Waals surface area (Å²) in [6, 6.07) is 8.82. The van der Waals surface area contributed by atoms with Crippen molar-refractivity contribution >= 4 is 12.1 Å². The number of carbonyl (C=O) groups excluding carboxylic acids is 1. The fraction of sp³-hybridized carbons (Fsp3) is 0.467. The minimum absolute atomic E-state index is 0.135. The maximum absolute atomic E-state index is 11.7. The number of hydrogen-bond acceptors (Lipinski definition) is 3. The third-order valence-corrected chi connectivity index (χ3v) is 2.93. The van der Waals surface area contributed by atoms with E-state index in [0.29, 0.717) is 0 Å². The van der Waals surface area contributed by atoms with E-state index < -0.39 is 18.1 Å². The molecule has 110 valence electrons. The second-order valence-corrected chi connectivity index (χ2v) is 5.72. The average molecular weight is 279 g/mol. The van der Waals surface area contributed by atoms with Crippen LogP contribution in [0.5, 0.6) is 0 Å². The minimum Gasteiger partial charge on any atom is -0.481 e. The summed E-state index contributed by atoms with van der Waals surface area (Å²) in [5.41, 5.74) is 0.526. The van der Waals surface area contributed by atoms with Gasteiger partial charge in [-0.05, 0) is 11.0 Å². The van der Waals surface area contributed by atoms with Crippen LogP contribution in [0, 0.1) is 5.41 Å². The molecule has 0 fully saturated rings. The van der Waals surface area contributed by atoms with E-state index in [9.17, 15) is 9.59 Å². The molecule has 0 radical (unpaired) electrons. The Labute approximate surface area is 118 Å². The van der Waals surface area contributed by atoms with Crippen LogP contribution in [0.25, 0.3) is 0 Å². The molecule has 1 aromatic rings. The summed E-state index contributed by atoms with van der Waals surface area (Å²) in [7, 11) is 0. The van der Waals surface area contributed by atoms with Gasteiger partial charge in [-0.3, -0.25) is 4.79 Å². The molecule has 0 aliphatic heterocycles. The molecule has 0 aliphatic rings. The van der Waals surface area contributed by atoms with Crippen LogP contribution in [0.4, 0.5) is 4.79 Å². The smallest absolute Gasteiger partial charge is 0.407 e. The molecule has 0 aliphatic carbocycles. The van der Waals surface area contributed by atoms with Gasteiger partial charge in [0.2, 0.25) is 0 Å². The van der Waals surface area contributed by atoms with E-state index in [1.54, 1.807) is 0 Å². The van der Waals surface area contributed by atoms with Crippen molar-refractivity contribution in [1.29, 1.82) is 0 Å².